The molecule has 84 valence electrons. The summed E-state index contributed by atoms with van der Waals surface area (Å²) in [5.41, 5.74) is 0. The third-order valence-electron chi connectivity index (χ3n) is 3.12. The van der Waals surface area contributed by atoms with Gasteiger partial charge in [-0.3, -0.25) is 0 Å². The molecule has 1 rings (SSSR count). The highest BCUT2D eigenvalue weighted by Crippen LogP contribution is 2.29. The summed E-state index contributed by atoms with van der Waals surface area (Å²) in [5.74, 6) is 1.33. The summed E-state index contributed by atoms with van der Waals surface area (Å²) in [5, 5.41) is 4.87. The van der Waals surface area contributed by atoms with Crippen molar-refractivity contribution in [3.8, 4) is 0 Å². The second-order valence-electron chi connectivity index (χ2n) is 4.19. The van der Waals surface area contributed by atoms with Crippen LogP contribution in [-0.4, -0.2) is 15.0 Å². The molecule has 1 saturated carbocycles. The highest BCUT2D eigenvalue weighted by Gasteiger charge is 2.20. The highest BCUT2D eigenvalue weighted by atomic mass is 32.2. The Hall–Kier alpha value is -0.130. The van der Waals surface area contributed by atoms with Crippen molar-refractivity contribution in [1.82, 2.24) is 4.72 Å². The number of nitrogens with two attached hydrogens (primary N) is 1. The molecule has 4 nitrogen and oxygen atoms in total. The molecule has 0 aliphatic heterocycles. The quantitative estimate of drug-likeness (QED) is 0.741. The Morgan fingerprint density at radius 3 is 2.14 bits per heavy atom. The minimum absolute atomic E-state index is 0.483. The second-order valence-corrected chi connectivity index (χ2v) is 5.57. The fraction of sp³-hybridized carbons (Fsp3) is 1.00. The average molecular weight is 220 g/mol. The number of rotatable bonds is 4. The van der Waals surface area contributed by atoms with Gasteiger partial charge in [0.1, 0.15) is 0 Å². The molecule has 5 heteroatoms. The van der Waals surface area contributed by atoms with Crippen LogP contribution in [0, 0.1) is 11.8 Å². The van der Waals surface area contributed by atoms with Gasteiger partial charge in [0.05, 0.1) is 0 Å². The van der Waals surface area contributed by atoms with Crippen molar-refractivity contribution in [2.75, 3.05) is 6.54 Å². The first-order valence-corrected chi connectivity index (χ1v) is 6.83. The summed E-state index contributed by atoms with van der Waals surface area (Å²) in [6.07, 6.45) is 5.96. The minimum Gasteiger partial charge on any atom is -0.216 e. The second kappa shape index (κ2) is 5.09. The van der Waals surface area contributed by atoms with E-state index in [2.05, 4.69) is 11.6 Å². The maximum atomic E-state index is 10.7. The molecule has 14 heavy (non-hydrogen) atoms. The molecule has 0 atom stereocenters. The predicted octanol–water partition coefficient (Wildman–Crippen LogP) is 0.996. The normalized spacial score (nSPS) is 29.0. The van der Waals surface area contributed by atoms with Gasteiger partial charge in [-0.2, -0.15) is 8.42 Å². The summed E-state index contributed by atoms with van der Waals surface area (Å²) in [6.45, 7) is 2.73. The number of nitrogens with one attached hydrogen (secondary N) is 1. The third-order valence-corrected chi connectivity index (χ3v) is 3.69. The summed E-state index contributed by atoms with van der Waals surface area (Å²) < 4.78 is 23.7. The summed E-state index contributed by atoms with van der Waals surface area (Å²) in [6, 6.07) is 0. The molecule has 1 fully saturated rings. The van der Waals surface area contributed by atoms with Gasteiger partial charge in [-0.1, -0.05) is 26.2 Å². The van der Waals surface area contributed by atoms with Crippen LogP contribution in [0.15, 0.2) is 0 Å². The van der Waals surface area contributed by atoms with Gasteiger partial charge in [0.2, 0.25) is 0 Å². The van der Waals surface area contributed by atoms with Crippen molar-refractivity contribution in [2.24, 2.45) is 17.0 Å². The average Bonchev–Trinajstić information content (AvgIpc) is 2.14. The molecule has 0 heterocycles. The predicted molar refractivity (Wildman–Crippen MR) is 56.8 cm³/mol. The Bertz CT molecular complexity index is 256. The SMILES string of the molecule is CC[C@H]1CC[C@@H](CNS(N)(=O)=O)CC1. The van der Waals surface area contributed by atoms with Crippen LogP contribution in [0.4, 0.5) is 0 Å². The standard InChI is InChI=1S/C9H20N2O2S/c1-2-8-3-5-9(6-4-8)7-11-14(10,12)13/h8-9,11H,2-7H2,1H3,(H2,10,12,13)/t8-,9+. The molecule has 0 aromatic heterocycles. The lowest BCUT2D eigenvalue weighted by Crippen LogP contribution is -2.35. The van der Waals surface area contributed by atoms with Crippen molar-refractivity contribution in [2.45, 2.75) is 39.0 Å². The Balaban J connectivity index is 2.23. The van der Waals surface area contributed by atoms with E-state index in [-0.39, 0.29) is 0 Å². The van der Waals surface area contributed by atoms with E-state index < -0.39 is 10.2 Å². The minimum atomic E-state index is -3.49. The fourth-order valence-corrected chi connectivity index (χ4v) is 2.55. The lowest BCUT2D eigenvalue weighted by Gasteiger charge is -2.27. The van der Waals surface area contributed by atoms with Gasteiger partial charge in [0, 0.05) is 6.54 Å². The van der Waals surface area contributed by atoms with Crippen LogP contribution in [0.5, 0.6) is 0 Å². The van der Waals surface area contributed by atoms with Crippen molar-refractivity contribution in [1.29, 1.82) is 0 Å². The van der Waals surface area contributed by atoms with Crippen molar-refractivity contribution in [3.05, 3.63) is 0 Å². The zero-order chi connectivity index (χ0) is 10.6. The van der Waals surface area contributed by atoms with E-state index >= 15 is 0 Å². The van der Waals surface area contributed by atoms with Crippen LogP contribution < -0.4 is 9.86 Å². The van der Waals surface area contributed by atoms with Gasteiger partial charge in [-0.05, 0) is 24.7 Å². The van der Waals surface area contributed by atoms with Crippen LogP contribution >= 0.6 is 0 Å². The molecule has 0 unspecified atom stereocenters. The molecule has 0 spiro atoms. The topological polar surface area (TPSA) is 72.2 Å². The van der Waals surface area contributed by atoms with Crippen molar-refractivity contribution < 1.29 is 8.42 Å². The van der Waals surface area contributed by atoms with E-state index in [0.717, 1.165) is 18.8 Å². The largest absolute Gasteiger partial charge is 0.274 e. The Kier molecular flexibility index (Phi) is 4.34. The molecule has 0 radical (unpaired) electrons. The van der Waals surface area contributed by atoms with Crippen molar-refractivity contribution in [3.63, 3.8) is 0 Å². The van der Waals surface area contributed by atoms with Gasteiger partial charge < -0.3 is 0 Å². The lowest BCUT2D eigenvalue weighted by molar-refractivity contribution is 0.270. The zero-order valence-corrected chi connectivity index (χ0v) is 9.52. The molecular weight excluding hydrogens is 200 g/mol. The Labute approximate surface area is 86.4 Å². The van der Waals surface area contributed by atoms with Gasteiger partial charge in [0.15, 0.2) is 0 Å². The number of hydrogen-bond donors (Lipinski definition) is 2. The van der Waals surface area contributed by atoms with Gasteiger partial charge in [-0.15, -0.1) is 0 Å². The first-order chi connectivity index (χ1) is 6.51. The Morgan fingerprint density at radius 2 is 1.71 bits per heavy atom. The molecule has 0 aromatic rings. The number of hydrogen-bond acceptors (Lipinski definition) is 2. The van der Waals surface area contributed by atoms with Gasteiger partial charge in [0.25, 0.3) is 10.2 Å². The van der Waals surface area contributed by atoms with E-state index in [4.69, 9.17) is 5.14 Å². The zero-order valence-electron chi connectivity index (χ0n) is 8.70. The molecule has 0 bridgehead atoms. The van der Waals surface area contributed by atoms with Crippen LogP contribution in [0.1, 0.15) is 39.0 Å². The smallest absolute Gasteiger partial charge is 0.216 e. The van der Waals surface area contributed by atoms with E-state index in [0.29, 0.717) is 12.5 Å². The van der Waals surface area contributed by atoms with E-state index in [1.165, 1.54) is 19.3 Å². The molecule has 3 N–H and O–H groups in total. The maximum Gasteiger partial charge on any atom is 0.274 e. The molecular formula is C9H20N2O2S. The molecule has 1 aliphatic rings. The van der Waals surface area contributed by atoms with Crippen LogP contribution in [-0.2, 0) is 10.2 Å². The first-order valence-electron chi connectivity index (χ1n) is 5.28. The molecule has 1 aliphatic carbocycles. The summed E-state index contributed by atoms with van der Waals surface area (Å²) in [4.78, 5) is 0. The molecule has 0 aromatic carbocycles. The van der Waals surface area contributed by atoms with Crippen molar-refractivity contribution >= 4 is 10.2 Å². The Morgan fingerprint density at radius 1 is 1.21 bits per heavy atom. The first kappa shape index (κ1) is 11.9. The molecule has 0 amide bonds. The summed E-state index contributed by atoms with van der Waals surface area (Å²) in [7, 11) is -3.49. The monoisotopic (exact) mass is 220 g/mol. The molecule has 0 saturated heterocycles. The van der Waals surface area contributed by atoms with E-state index in [9.17, 15) is 8.42 Å². The van der Waals surface area contributed by atoms with Gasteiger partial charge in [-0.25, -0.2) is 9.86 Å². The van der Waals surface area contributed by atoms with Crippen LogP contribution in [0.2, 0.25) is 0 Å². The van der Waals surface area contributed by atoms with Crippen LogP contribution in [0.25, 0.3) is 0 Å². The van der Waals surface area contributed by atoms with E-state index in [1.54, 1.807) is 0 Å². The van der Waals surface area contributed by atoms with Gasteiger partial charge >= 0.3 is 0 Å². The van der Waals surface area contributed by atoms with Crippen LogP contribution in [0.3, 0.4) is 0 Å². The fourth-order valence-electron chi connectivity index (χ4n) is 2.08. The highest BCUT2D eigenvalue weighted by molar-refractivity contribution is 7.87. The maximum absolute atomic E-state index is 10.7. The van der Waals surface area contributed by atoms with E-state index in [1.807, 2.05) is 0 Å². The summed E-state index contributed by atoms with van der Waals surface area (Å²) >= 11 is 0. The lowest BCUT2D eigenvalue weighted by atomic mass is 9.81. The third kappa shape index (κ3) is 4.39.